The highest BCUT2D eigenvalue weighted by Crippen LogP contribution is 2.54. The van der Waals surface area contributed by atoms with Crippen molar-refractivity contribution < 1.29 is 9.52 Å². The lowest BCUT2D eigenvalue weighted by atomic mass is 10.1. The maximum atomic E-state index is 10.0. The molecule has 12 heavy (non-hydrogen) atoms. The lowest BCUT2D eigenvalue weighted by Gasteiger charge is -2.06. The molecule has 0 amide bonds. The third-order valence-corrected chi connectivity index (χ3v) is 2.82. The third kappa shape index (κ3) is 0.911. The molecule has 1 N–H and O–H groups in total. The minimum atomic E-state index is -0.637. The molecular weight excluding hydrogens is 152 g/mol. The molecule has 0 aromatic carbocycles. The van der Waals surface area contributed by atoms with Crippen LogP contribution in [0.15, 0.2) is 16.7 Å². The first-order chi connectivity index (χ1) is 5.68. The van der Waals surface area contributed by atoms with E-state index >= 15 is 0 Å². The molecule has 2 atom stereocenters. The summed E-state index contributed by atoms with van der Waals surface area (Å²) in [5.74, 6) is 1.18. The van der Waals surface area contributed by atoms with E-state index in [1.165, 1.54) is 0 Å². The molecule has 1 heterocycles. The van der Waals surface area contributed by atoms with Gasteiger partial charge in [-0.15, -0.1) is 0 Å². The molecule has 0 aliphatic heterocycles. The van der Waals surface area contributed by atoms with Crippen molar-refractivity contribution in [2.24, 2.45) is 5.92 Å². The molecule has 2 unspecified atom stereocenters. The number of furan rings is 1. The Labute approximate surface area is 72.2 Å². The van der Waals surface area contributed by atoms with E-state index in [9.17, 15) is 5.11 Å². The van der Waals surface area contributed by atoms with Crippen molar-refractivity contribution in [3.63, 3.8) is 0 Å². The molecule has 1 aliphatic rings. The fourth-order valence-corrected chi connectivity index (χ4v) is 1.89. The van der Waals surface area contributed by atoms with E-state index in [1.54, 1.807) is 6.26 Å². The second kappa shape index (κ2) is 2.36. The topological polar surface area (TPSA) is 33.4 Å². The predicted octanol–water partition coefficient (Wildman–Crippen LogP) is 2.21. The summed E-state index contributed by atoms with van der Waals surface area (Å²) in [5.41, 5.74) is 0.427. The van der Waals surface area contributed by atoms with Crippen LogP contribution in [0.4, 0.5) is 0 Å². The van der Waals surface area contributed by atoms with Gasteiger partial charge in [0.15, 0.2) is 0 Å². The molecular formula is C10H14O2. The Morgan fingerprint density at radius 2 is 2.50 bits per heavy atom. The van der Waals surface area contributed by atoms with Crippen molar-refractivity contribution in [2.45, 2.75) is 32.3 Å². The molecule has 1 aromatic heterocycles. The van der Waals surface area contributed by atoms with Crippen LogP contribution in [0.3, 0.4) is 0 Å². The van der Waals surface area contributed by atoms with Crippen LogP contribution in [0.25, 0.3) is 0 Å². The average molecular weight is 166 g/mol. The van der Waals surface area contributed by atoms with Gasteiger partial charge in [-0.3, -0.25) is 0 Å². The summed E-state index contributed by atoms with van der Waals surface area (Å²) < 4.78 is 5.27. The number of aryl methyl sites for hydroxylation is 1. The smallest absolute Gasteiger partial charge is 0.138 e. The largest absolute Gasteiger partial charge is 0.466 e. The van der Waals surface area contributed by atoms with Gasteiger partial charge in [-0.05, 0) is 37.3 Å². The van der Waals surface area contributed by atoms with Gasteiger partial charge in [-0.25, -0.2) is 0 Å². The van der Waals surface area contributed by atoms with Crippen LogP contribution in [0.1, 0.15) is 31.1 Å². The van der Waals surface area contributed by atoms with Crippen molar-refractivity contribution >= 4 is 0 Å². The third-order valence-electron chi connectivity index (χ3n) is 2.82. The zero-order chi connectivity index (χ0) is 8.77. The Bertz CT molecular complexity index is 290. The van der Waals surface area contributed by atoms with Gasteiger partial charge in [0.25, 0.3) is 0 Å². The monoisotopic (exact) mass is 166 g/mol. The van der Waals surface area contributed by atoms with Crippen molar-refractivity contribution in [3.8, 4) is 0 Å². The molecule has 2 heteroatoms. The van der Waals surface area contributed by atoms with Crippen molar-refractivity contribution in [1.29, 1.82) is 0 Å². The summed E-state index contributed by atoms with van der Waals surface area (Å²) in [6.07, 6.45) is 3.53. The van der Waals surface area contributed by atoms with Crippen LogP contribution < -0.4 is 0 Å². The molecule has 0 radical (unpaired) electrons. The van der Waals surface area contributed by atoms with Crippen molar-refractivity contribution in [2.75, 3.05) is 0 Å². The predicted molar refractivity (Wildman–Crippen MR) is 45.7 cm³/mol. The highest BCUT2D eigenvalue weighted by atomic mass is 16.4. The van der Waals surface area contributed by atoms with Crippen LogP contribution in [-0.4, -0.2) is 5.11 Å². The fraction of sp³-hybridized carbons (Fsp3) is 0.600. The van der Waals surface area contributed by atoms with Gasteiger partial charge < -0.3 is 9.52 Å². The first kappa shape index (κ1) is 7.87. The molecule has 0 spiro atoms. The fourth-order valence-electron chi connectivity index (χ4n) is 1.89. The zero-order valence-corrected chi connectivity index (χ0v) is 7.50. The van der Waals surface area contributed by atoms with E-state index in [0.717, 1.165) is 24.2 Å². The summed E-state index contributed by atoms with van der Waals surface area (Å²) >= 11 is 0. The molecule has 1 fully saturated rings. The molecule has 1 aromatic rings. The average Bonchev–Trinajstić information content (AvgIpc) is 2.50. The van der Waals surface area contributed by atoms with Gasteiger partial charge >= 0.3 is 0 Å². The quantitative estimate of drug-likeness (QED) is 0.730. The highest BCUT2D eigenvalue weighted by Gasteiger charge is 2.55. The molecule has 1 saturated carbocycles. The Balaban J connectivity index is 2.27. The second-order valence-corrected chi connectivity index (χ2v) is 3.67. The molecule has 1 aliphatic carbocycles. The van der Waals surface area contributed by atoms with E-state index in [1.807, 2.05) is 13.0 Å². The van der Waals surface area contributed by atoms with Gasteiger partial charge in [0.05, 0.1) is 6.26 Å². The number of hydrogen-bond donors (Lipinski definition) is 1. The van der Waals surface area contributed by atoms with Crippen molar-refractivity contribution in [1.82, 2.24) is 0 Å². The van der Waals surface area contributed by atoms with Gasteiger partial charge in [-0.1, -0.05) is 6.92 Å². The SMILES string of the molecule is CCC1CC1(O)c1occc1C. The molecule has 2 rings (SSSR count). The summed E-state index contributed by atoms with van der Waals surface area (Å²) in [7, 11) is 0. The molecule has 66 valence electrons. The Hall–Kier alpha value is -0.760. The van der Waals surface area contributed by atoms with Gasteiger partial charge in [0.1, 0.15) is 11.4 Å². The van der Waals surface area contributed by atoms with E-state index in [2.05, 4.69) is 6.92 Å². The summed E-state index contributed by atoms with van der Waals surface area (Å²) in [5, 5.41) is 10.0. The first-order valence-electron chi connectivity index (χ1n) is 4.45. The minimum absolute atomic E-state index is 0.405. The van der Waals surface area contributed by atoms with Gasteiger partial charge in [0, 0.05) is 0 Å². The maximum absolute atomic E-state index is 10.0. The Morgan fingerprint density at radius 3 is 2.92 bits per heavy atom. The normalized spacial score (nSPS) is 33.8. The Kier molecular flexibility index (Phi) is 1.55. The summed E-state index contributed by atoms with van der Waals surface area (Å²) in [4.78, 5) is 0. The molecule has 0 saturated heterocycles. The highest BCUT2D eigenvalue weighted by molar-refractivity contribution is 5.27. The van der Waals surface area contributed by atoms with E-state index < -0.39 is 5.60 Å². The maximum Gasteiger partial charge on any atom is 0.138 e. The minimum Gasteiger partial charge on any atom is -0.466 e. The first-order valence-corrected chi connectivity index (χ1v) is 4.45. The van der Waals surface area contributed by atoms with Gasteiger partial charge in [0.2, 0.25) is 0 Å². The van der Waals surface area contributed by atoms with E-state index in [-0.39, 0.29) is 0 Å². The van der Waals surface area contributed by atoms with E-state index in [0.29, 0.717) is 5.92 Å². The standard InChI is InChI=1S/C10H14O2/c1-3-8-6-10(8,11)9-7(2)4-5-12-9/h4-5,8,11H,3,6H2,1-2H3. The van der Waals surface area contributed by atoms with Crippen LogP contribution in [0.2, 0.25) is 0 Å². The van der Waals surface area contributed by atoms with Crippen LogP contribution in [0.5, 0.6) is 0 Å². The van der Waals surface area contributed by atoms with Crippen LogP contribution in [0, 0.1) is 12.8 Å². The number of rotatable bonds is 2. The van der Waals surface area contributed by atoms with Crippen molar-refractivity contribution in [3.05, 3.63) is 23.7 Å². The number of hydrogen-bond acceptors (Lipinski definition) is 2. The van der Waals surface area contributed by atoms with Crippen LogP contribution >= 0.6 is 0 Å². The summed E-state index contributed by atoms with van der Waals surface area (Å²) in [6, 6.07) is 1.90. The van der Waals surface area contributed by atoms with Crippen LogP contribution in [-0.2, 0) is 5.60 Å². The Morgan fingerprint density at radius 1 is 1.75 bits per heavy atom. The van der Waals surface area contributed by atoms with Gasteiger partial charge in [-0.2, -0.15) is 0 Å². The molecule has 0 bridgehead atoms. The lowest BCUT2D eigenvalue weighted by Crippen LogP contribution is -2.08. The second-order valence-electron chi connectivity index (χ2n) is 3.67. The van der Waals surface area contributed by atoms with E-state index in [4.69, 9.17) is 4.42 Å². The lowest BCUT2D eigenvalue weighted by molar-refractivity contribution is 0.103. The zero-order valence-electron chi connectivity index (χ0n) is 7.50. The molecule has 2 nitrogen and oxygen atoms in total. The number of aliphatic hydroxyl groups is 1. The summed E-state index contributed by atoms with van der Waals surface area (Å²) in [6.45, 7) is 4.07.